The average molecular weight is 324 g/mol. The van der Waals surface area contributed by atoms with Crippen LogP contribution in [-0.2, 0) is 12.5 Å². The van der Waals surface area contributed by atoms with E-state index in [4.69, 9.17) is 23.2 Å². The van der Waals surface area contributed by atoms with Gasteiger partial charge in [-0.3, -0.25) is 4.79 Å². The molecule has 0 spiro atoms. The van der Waals surface area contributed by atoms with Crippen LogP contribution >= 0.6 is 23.2 Å². The van der Waals surface area contributed by atoms with Crippen LogP contribution in [-0.4, -0.2) is 16.3 Å². The number of aromatic nitrogens is 2. The van der Waals surface area contributed by atoms with Crippen molar-refractivity contribution in [2.45, 2.75) is 18.3 Å². The lowest BCUT2D eigenvalue weighted by atomic mass is 9.96. The molecule has 21 heavy (non-hydrogen) atoms. The molecule has 0 bridgehead atoms. The van der Waals surface area contributed by atoms with E-state index in [2.05, 4.69) is 22.5 Å². The number of nitrogens with zero attached hydrogens (tertiary/aromatic N) is 2. The van der Waals surface area contributed by atoms with E-state index in [1.54, 1.807) is 13.2 Å². The highest BCUT2D eigenvalue weighted by Gasteiger charge is 2.44. The Morgan fingerprint density at radius 1 is 1.29 bits per heavy atom. The molecular weight excluding hydrogens is 309 g/mol. The third kappa shape index (κ3) is 2.78. The van der Waals surface area contributed by atoms with Gasteiger partial charge in [-0.2, -0.15) is 5.10 Å². The quantitative estimate of drug-likeness (QED) is 0.939. The first kappa shape index (κ1) is 14.4. The lowest BCUT2D eigenvalue weighted by Gasteiger charge is -2.18. The molecule has 1 saturated carbocycles. The van der Waals surface area contributed by atoms with Gasteiger partial charge >= 0.3 is 0 Å². The summed E-state index contributed by atoms with van der Waals surface area (Å²) >= 11 is 12.0. The van der Waals surface area contributed by atoms with Crippen molar-refractivity contribution >= 4 is 28.9 Å². The van der Waals surface area contributed by atoms with Crippen LogP contribution in [0, 0.1) is 0 Å². The van der Waals surface area contributed by atoms with Crippen LogP contribution < -0.4 is 10.9 Å². The number of halogens is 2. The van der Waals surface area contributed by atoms with E-state index >= 15 is 0 Å². The zero-order valence-electron chi connectivity index (χ0n) is 11.6. The predicted molar refractivity (Wildman–Crippen MR) is 85.3 cm³/mol. The number of anilines is 1. The third-order valence-corrected chi connectivity index (χ3v) is 4.62. The van der Waals surface area contributed by atoms with Gasteiger partial charge < -0.3 is 5.32 Å². The van der Waals surface area contributed by atoms with Gasteiger partial charge in [0, 0.05) is 24.0 Å². The molecule has 1 aliphatic carbocycles. The van der Waals surface area contributed by atoms with Gasteiger partial charge in [-0.15, -0.1) is 0 Å². The summed E-state index contributed by atoms with van der Waals surface area (Å²) in [4.78, 5) is 11.8. The lowest BCUT2D eigenvalue weighted by Crippen LogP contribution is -2.24. The smallest absolute Gasteiger partial charge is 0.287 e. The van der Waals surface area contributed by atoms with Gasteiger partial charge in [-0.05, 0) is 30.5 Å². The van der Waals surface area contributed by atoms with Crippen LogP contribution in [0.3, 0.4) is 0 Å². The third-order valence-electron chi connectivity index (χ3n) is 4.01. The number of benzene rings is 1. The molecule has 110 valence electrons. The topological polar surface area (TPSA) is 46.9 Å². The molecule has 1 aromatic carbocycles. The number of rotatable bonds is 4. The largest absolute Gasteiger partial charge is 0.381 e. The molecule has 1 N–H and O–H groups in total. The van der Waals surface area contributed by atoms with Crippen molar-refractivity contribution in [3.05, 3.63) is 56.4 Å². The maximum Gasteiger partial charge on any atom is 0.287 e. The van der Waals surface area contributed by atoms with Crippen molar-refractivity contribution in [3.63, 3.8) is 0 Å². The highest BCUT2D eigenvalue weighted by molar-refractivity contribution is 6.33. The summed E-state index contributed by atoms with van der Waals surface area (Å²) in [6.07, 6.45) is 3.80. The monoisotopic (exact) mass is 323 g/mol. The fourth-order valence-electron chi connectivity index (χ4n) is 2.42. The molecule has 0 atom stereocenters. The molecule has 3 rings (SSSR count). The van der Waals surface area contributed by atoms with Gasteiger partial charge in [-0.25, -0.2) is 4.68 Å². The fourth-order valence-corrected chi connectivity index (χ4v) is 2.78. The molecule has 0 saturated heterocycles. The van der Waals surface area contributed by atoms with Crippen LogP contribution in [0.5, 0.6) is 0 Å². The minimum Gasteiger partial charge on any atom is -0.381 e. The van der Waals surface area contributed by atoms with Gasteiger partial charge in [0.05, 0.1) is 11.9 Å². The van der Waals surface area contributed by atoms with E-state index in [9.17, 15) is 4.79 Å². The number of aryl methyl sites for hydroxylation is 1. The van der Waals surface area contributed by atoms with Crippen molar-refractivity contribution in [2.75, 3.05) is 11.9 Å². The first-order valence-corrected chi connectivity index (χ1v) is 7.49. The Hall–Kier alpha value is -1.52. The summed E-state index contributed by atoms with van der Waals surface area (Å²) in [7, 11) is 1.58. The molecule has 0 unspecified atom stereocenters. The van der Waals surface area contributed by atoms with E-state index in [0.29, 0.717) is 5.69 Å². The Kier molecular flexibility index (Phi) is 3.68. The van der Waals surface area contributed by atoms with Gasteiger partial charge in [-0.1, -0.05) is 35.3 Å². The van der Waals surface area contributed by atoms with Crippen molar-refractivity contribution in [1.29, 1.82) is 0 Å². The van der Waals surface area contributed by atoms with Crippen molar-refractivity contribution in [2.24, 2.45) is 7.05 Å². The molecule has 1 aromatic heterocycles. The second-order valence-corrected chi connectivity index (χ2v) is 6.26. The van der Waals surface area contributed by atoms with Crippen molar-refractivity contribution in [1.82, 2.24) is 9.78 Å². The predicted octanol–water partition coefficient (Wildman–Crippen LogP) is 3.23. The average Bonchev–Trinajstić information content (AvgIpc) is 3.26. The van der Waals surface area contributed by atoms with Gasteiger partial charge in [0.2, 0.25) is 0 Å². The summed E-state index contributed by atoms with van der Waals surface area (Å²) in [5, 5.41) is 8.16. The zero-order chi connectivity index (χ0) is 15.0. The van der Waals surface area contributed by atoms with E-state index < -0.39 is 0 Å². The summed E-state index contributed by atoms with van der Waals surface area (Å²) < 4.78 is 1.22. The van der Waals surface area contributed by atoms with Crippen molar-refractivity contribution < 1.29 is 0 Å². The fraction of sp³-hybridized carbons (Fsp3) is 0.333. The molecular formula is C15H15Cl2N3O. The highest BCUT2D eigenvalue weighted by Crippen LogP contribution is 2.48. The number of nitrogens with one attached hydrogen (secondary N) is 1. The second kappa shape index (κ2) is 5.35. The summed E-state index contributed by atoms with van der Waals surface area (Å²) in [6, 6.07) is 7.93. The summed E-state index contributed by atoms with van der Waals surface area (Å²) in [6.45, 7) is 0.725. The van der Waals surface area contributed by atoms with E-state index in [1.807, 2.05) is 12.1 Å². The molecule has 4 nitrogen and oxygen atoms in total. The Labute approximate surface area is 132 Å². The number of hydrogen-bond acceptors (Lipinski definition) is 3. The Bertz CT molecular complexity index is 721. The molecule has 1 fully saturated rings. The SMILES string of the molecule is Cn1ncc(NCC2(c3ccc(Cl)cc3)CC2)c(Cl)c1=O. The molecule has 0 radical (unpaired) electrons. The highest BCUT2D eigenvalue weighted by atomic mass is 35.5. The maximum absolute atomic E-state index is 11.8. The normalized spacial score (nSPS) is 15.8. The maximum atomic E-state index is 11.8. The zero-order valence-corrected chi connectivity index (χ0v) is 13.1. The summed E-state index contributed by atoms with van der Waals surface area (Å²) in [5.74, 6) is 0. The van der Waals surface area contributed by atoms with Gasteiger partial charge in [0.1, 0.15) is 5.02 Å². The standard InChI is InChI=1S/C15H15Cl2N3O/c1-20-14(21)13(17)12(8-19-20)18-9-15(6-7-15)10-2-4-11(16)5-3-10/h2-5,8,18H,6-7,9H2,1H3. The minimum atomic E-state index is -0.294. The van der Waals surface area contributed by atoms with Crippen LogP contribution in [0.2, 0.25) is 10.0 Å². The van der Waals surface area contributed by atoms with Crippen LogP contribution in [0.25, 0.3) is 0 Å². The first-order valence-electron chi connectivity index (χ1n) is 6.74. The molecule has 0 amide bonds. The Morgan fingerprint density at radius 2 is 1.95 bits per heavy atom. The summed E-state index contributed by atoms with van der Waals surface area (Å²) in [5.41, 5.74) is 1.65. The van der Waals surface area contributed by atoms with Crippen LogP contribution in [0.15, 0.2) is 35.3 Å². The molecule has 1 aliphatic rings. The molecule has 2 aromatic rings. The van der Waals surface area contributed by atoms with Gasteiger partial charge in [0.15, 0.2) is 0 Å². The molecule has 6 heteroatoms. The first-order chi connectivity index (χ1) is 10.0. The van der Waals surface area contributed by atoms with E-state index in [0.717, 1.165) is 24.4 Å². The lowest BCUT2D eigenvalue weighted by molar-refractivity contribution is 0.701. The van der Waals surface area contributed by atoms with E-state index in [1.165, 1.54) is 10.2 Å². The second-order valence-electron chi connectivity index (χ2n) is 5.44. The van der Waals surface area contributed by atoms with Crippen LogP contribution in [0.1, 0.15) is 18.4 Å². The van der Waals surface area contributed by atoms with E-state index in [-0.39, 0.29) is 16.0 Å². The molecule has 1 heterocycles. The van der Waals surface area contributed by atoms with Crippen molar-refractivity contribution in [3.8, 4) is 0 Å². The number of hydrogen-bond donors (Lipinski definition) is 1. The minimum absolute atomic E-state index is 0.106. The molecule has 0 aliphatic heterocycles. The Balaban J connectivity index is 1.77. The van der Waals surface area contributed by atoms with Gasteiger partial charge in [0.25, 0.3) is 5.56 Å². The van der Waals surface area contributed by atoms with Crippen LogP contribution in [0.4, 0.5) is 5.69 Å². The Morgan fingerprint density at radius 3 is 2.57 bits per heavy atom.